The topological polar surface area (TPSA) is 21.3 Å². The van der Waals surface area contributed by atoms with E-state index in [4.69, 9.17) is 4.74 Å². The summed E-state index contributed by atoms with van der Waals surface area (Å²) in [5, 5.41) is 3.66. The van der Waals surface area contributed by atoms with Crippen LogP contribution in [-0.4, -0.2) is 25.8 Å². The smallest absolute Gasteiger partial charge is 0.0471 e. The average Bonchev–Trinajstić information content (AvgIpc) is 2.72. The van der Waals surface area contributed by atoms with Gasteiger partial charge in [0.15, 0.2) is 0 Å². The summed E-state index contributed by atoms with van der Waals surface area (Å²) in [6, 6.07) is 0.779. The molecular weight excluding hydrogens is 162 g/mol. The highest BCUT2D eigenvalue weighted by molar-refractivity contribution is 4.94. The summed E-state index contributed by atoms with van der Waals surface area (Å²) < 4.78 is 5.46. The van der Waals surface area contributed by atoms with Crippen LogP contribution in [0.4, 0.5) is 0 Å². The van der Waals surface area contributed by atoms with Gasteiger partial charge in [-0.2, -0.15) is 0 Å². The molecule has 1 atom stereocenters. The zero-order chi connectivity index (χ0) is 9.15. The van der Waals surface area contributed by atoms with Crippen molar-refractivity contribution in [3.8, 4) is 0 Å². The molecule has 2 heterocycles. The summed E-state index contributed by atoms with van der Waals surface area (Å²) in [6.45, 7) is 5.52. The molecule has 2 heteroatoms. The van der Waals surface area contributed by atoms with Gasteiger partial charge in [0.2, 0.25) is 0 Å². The van der Waals surface area contributed by atoms with Crippen LogP contribution in [0.15, 0.2) is 0 Å². The Morgan fingerprint density at radius 1 is 1.38 bits per heavy atom. The maximum atomic E-state index is 5.46. The van der Waals surface area contributed by atoms with Crippen molar-refractivity contribution in [3.63, 3.8) is 0 Å². The van der Waals surface area contributed by atoms with Gasteiger partial charge in [-0.1, -0.05) is 6.92 Å². The number of ether oxygens (including phenoxy) is 1. The van der Waals surface area contributed by atoms with E-state index in [0.717, 1.165) is 19.3 Å². The highest BCUT2D eigenvalue weighted by Gasteiger charge is 2.39. The zero-order valence-corrected chi connectivity index (χ0v) is 8.64. The molecule has 0 aliphatic carbocycles. The predicted octanol–water partition coefficient (Wildman–Crippen LogP) is 1.95. The van der Waals surface area contributed by atoms with Crippen LogP contribution in [0.1, 0.15) is 39.0 Å². The van der Waals surface area contributed by atoms with Crippen molar-refractivity contribution in [1.29, 1.82) is 0 Å². The minimum absolute atomic E-state index is 0.564. The SMILES string of the molecule is CCC1(C2CCCN2)CCOCC1. The number of nitrogens with one attached hydrogen (secondary N) is 1. The van der Waals surface area contributed by atoms with E-state index in [2.05, 4.69) is 12.2 Å². The molecular formula is C11H21NO. The molecule has 0 aromatic carbocycles. The van der Waals surface area contributed by atoms with E-state index in [1.807, 2.05) is 0 Å². The molecule has 13 heavy (non-hydrogen) atoms. The fourth-order valence-electron chi connectivity index (χ4n) is 2.93. The highest BCUT2D eigenvalue weighted by Crippen LogP contribution is 2.40. The molecule has 2 saturated heterocycles. The minimum atomic E-state index is 0.564. The third-order valence-electron chi connectivity index (χ3n) is 3.99. The second kappa shape index (κ2) is 3.97. The van der Waals surface area contributed by atoms with Gasteiger partial charge in [0.25, 0.3) is 0 Å². The summed E-state index contributed by atoms with van der Waals surface area (Å²) in [5.41, 5.74) is 0.564. The first-order chi connectivity index (χ1) is 6.37. The summed E-state index contributed by atoms with van der Waals surface area (Å²) in [7, 11) is 0. The first-order valence-electron chi connectivity index (χ1n) is 5.68. The van der Waals surface area contributed by atoms with Crippen LogP contribution < -0.4 is 5.32 Å². The van der Waals surface area contributed by atoms with Crippen molar-refractivity contribution in [2.45, 2.75) is 45.1 Å². The van der Waals surface area contributed by atoms with E-state index in [0.29, 0.717) is 5.41 Å². The molecule has 76 valence electrons. The normalized spacial score (nSPS) is 33.5. The third kappa shape index (κ3) is 1.75. The van der Waals surface area contributed by atoms with Crippen molar-refractivity contribution < 1.29 is 4.74 Å². The van der Waals surface area contributed by atoms with Gasteiger partial charge in [0.05, 0.1) is 0 Å². The fraction of sp³-hybridized carbons (Fsp3) is 1.00. The van der Waals surface area contributed by atoms with Crippen LogP contribution in [0.2, 0.25) is 0 Å². The Bertz CT molecular complexity index is 157. The summed E-state index contributed by atoms with van der Waals surface area (Å²) in [4.78, 5) is 0. The Hall–Kier alpha value is -0.0800. The van der Waals surface area contributed by atoms with Crippen LogP contribution >= 0.6 is 0 Å². The fourth-order valence-corrected chi connectivity index (χ4v) is 2.93. The number of hydrogen-bond donors (Lipinski definition) is 1. The first-order valence-corrected chi connectivity index (χ1v) is 5.68. The molecule has 0 bridgehead atoms. The molecule has 0 saturated carbocycles. The van der Waals surface area contributed by atoms with Crippen LogP contribution in [-0.2, 0) is 4.74 Å². The maximum Gasteiger partial charge on any atom is 0.0471 e. The Morgan fingerprint density at radius 3 is 2.69 bits per heavy atom. The molecule has 1 unspecified atom stereocenters. The van der Waals surface area contributed by atoms with Crippen LogP contribution in [0.25, 0.3) is 0 Å². The van der Waals surface area contributed by atoms with Gasteiger partial charge in [-0.05, 0) is 44.1 Å². The largest absolute Gasteiger partial charge is 0.381 e. The molecule has 2 fully saturated rings. The van der Waals surface area contributed by atoms with Gasteiger partial charge in [0.1, 0.15) is 0 Å². The second-order valence-corrected chi connectivity index (χ2v) is 4.48. The number of rotatable bonds is 2. The second-order valence-electron chi connectivity index (χ2n) is 4.48. The van der Waals surface area contributed by atoms with Crippen molar-refractivity contribution in [2.24, 2.45) is 5.41 Å². The van der Waals surface area contributed by atoms with Crippen molar-refractivity contribution in [1.82, 2.24) is 5.32 Å². The summed E-state index contributed by atoms with van der Waals surface area (Å²) in [6.07, 6.45) is 6.59. The van der Waals surface area contributed by atoms with Gasteiger partial charge in [-0.15, -0.1) is 0 Å². The lowest BCUT2D eigenvalue weighted by Gasteiger charge is -2.41. The first kappa shape index (κ1) is 9.47. The molecule has 0 spiro atoms. The molecule has 0 aromatic heterocycles. The van der Waals surface area contributed by atoms with Gasteiger partial charge in [-0.3, -0.25) is 0 Å². The van der Waals surface area contributed by atoms with E-state index in [1.165, 1.54) is 38.6 Å². The molecule has 0 radical (unpaired) electrons. The lowest BCUT2D eigenvalue weighted by Crippen LogP contribution is -2.44. The summed E-state index contributed by atoms with van der Waals surface area (Å²) in [5.74, 6) is 0. The highest BCUT2D eigenvalue weighted by atomic mass is 16.5. The average molecular weight is 183 g/mol. The minimum Gasteiger partial charge on any atom is -0.381 e. The van der Waals surface area contributed by atoms with Gasteiger partial charge < -0.3 is 10.1 Å². The molecule has 0 amide bonds. The molecule has 2 aliphatic heterocycles. The van der Waals surface area contributed by atoms with E-state index in [-0.39, 0.29) is 0 Å². The Kier molecular flexibility index (Phi) is 2.89. The Labute approximate surface area is 81.0 Å². The lowest BCUT2D eigenvalue weighted by atomic mass is 9.71. The third-order valence-corrected chi connectivity index (χ3v) is 3.99. The molecule has 2 rings (SSSR count). The Morgan fingerprint density at radius 2 is 2.15 bits per heavy atom. The number of hydrogen-bond acceptors (Lipinski definition) is 2. The monoisotopic (exact) mass is 183 g/mol. The van der Waals surface area contributed by atoms with Crippen molar-refractivity contribution in [3.05, 3.63) is 0 Å². The van der Waals surface area contributed by atoms with E-state index < -0.39 is 0 Å². The van der Waals surface area contributed by atoms with Crippen molar-refractivity contribution >= 4 is 0 Å². The van der Waals surface area contributed by atoms with Crippen LogP contribution in [0.5, 0.6) is 0 Å². The Balaban J connectivity index is 2.03. The van der Waals surface area contributed by atoms with E-state index >= 15 is 0 Å². The predicted molar refractivity (Wildman–Crippen MR) is 53.8 cm³/mol. The lowest BCUT2D eigenvalue weighted by molar-refractivity contribution is -0.00506. The quantitative estimate of drug-likeness (QED) is 0.706. The van der Waals surface area contributed by atoms with Crippen molar-refractivity contribution in [2.75, 3.05) is 19.8 Å². The van der Waals surface area contributed by atoms with Crippen LogP contribution in [0.3, 0.4) is 0 Å². The van der Waals surface area contributed by atoms with Gasteiger partial charge in [-0.25, -0.2) is 0 Å². The van der Waals surface area contributed by atoms with Crippen LogP contribution in [0, 0.1) is 5.41 Å². The standard InChI is InChI=1S/C11H21NO/c1-2-11(5-8-13-9-6-11)10-4-3-7-12-10/h10,12H,2-9H2,1H3. The zero-order valence-electron chi connectivity index (χ0n) is 8.64. The molecule has 2 aliphatic rings. The van der Waals surface area contributed by atoms with Gasteiger partial charge in [0, 0.05) is 19.3 Å². The van der Waals surface area contributed by atoms with Gasteiger partial charge >= 0.3 is 0 Å². The molecule has 2 nitrogen and oxygen atoms in total. The maximum absolute atomic E-state index is 5.46. The molecule has 1 N–H and O–H groups in total. The summed E-state index contributed by atoms with van der Waals surface area (Å²) >= 11 is 0. The molecule has 0 aromatic rings. The van der Waals surface area contributed by atoms with E-state index in [1.54, 1.807) is 0 Å². The van der Waals surface area contributed by atoms with E-state index in [9.17, 15) is 0 Å².